The van der Waals surface area contributed by atoms with E-state index in [2.05, 4.69) is 42.4 Å². The number of benzene rings is 2. The third-order valence-corrected chi connectivity index (χ3v) is 8.67. The summed E-state index contributed by atoms with van der Waals surface area (Å²) in [4.78, 5) is 24.9. The highest BCUT2D eigenvalue weighted by molar-refractivity contribution is 7.92. The molecule has 42 heavy (non-hydrogen) atoms. The van der Waals surface area contributed by atoms with Crippen LogP contribution in [-0.4, -0.2) is 62.1 Å². The lowest BCUT2D eigenvalue weighted by Gasteiger charge is -2.36. The number of nitrogens with one attached hydrogen (secondary N) is 1. The Morgan fingerprint density at radius 1 is 1.12 bits per heavy atom. The van der Waals surface area contributed by atoms with Crippen LogP contribution in [0.25, 0.3) is 11.3 Å². The number of aromatic nitrogens is 2. The van der Waals surface area contributed by atoms with Crippen LogP contribution < -0.4 is 9.46 Å². The molecular formula is C32H44N4O5S. The lowest BCUT2D eigenvalue weighted by atomic mass is 9.87. The summed E-state index contributed by atoms with van der Waals surface area (Å²) in [5, 5.41) is 0. The molecule has 3 aromatic rings. The number of carbonyl (C=O) groups excluding carboxylic acids is 1. The average Bonchev–Trinajstić information content (AvgIpc) is 2.90. The minimum atomic E-state index is -4.11. The molecule has 1 unspecified atom stereocenters. The molecule has 1 amide bonds. The van der Waals surface area contributed by atoms with Gasteiger partial charge in [-0.15, -0.1) is 0 Å². The molecule has 9 nitrogen and oxygen atoms in total. The van der Waals surface area contributed by atoms with Crippen molar-refractivity contribution < 1.29 is 24.1 Å². The fourth-order valence-electron chi connectivity index (χ4n) is 5.36. The summed E-state index contributed by atoms with van der Waals surface area (Å²) in [6.07, 6.45) is 1.38. The number of hydrogen-bond donors (Lipinski definition) is 1. The standard InChI is InChI=1S/C32H42N4O5S.H2/c1-21(19-40-7)14-15-36-25(18-32(4,5)6)20-41-28-17-27(29-22(2)10-8-11-23(29)3)33-31(34-28)35-42(38,39)26-13-9-12-24(16-26)30(36)37;/h8-13,16-17,21,25H,14-15,18-20H2,1-7H3,(H,33,34,35);1H/t21?,25-;/m1./s1. The van der Waals surface area contributed by atoms with Crippen LogP contribution in [0.2, 0.25) is 0 Å². The van der Waals surface area contributed by atoms with Crippen molar-refractivity contribution in [3.8, 4) is 17.1 Å². The summed E-state index contributed by atoms with van der Waals surface area (Å²) in [5.74, 6) is 0.107. The van der Waals surface area contributed by atoms with Gasteiger partial charge in [0.05, 0.1) is 16.6 Å². The predicted octanol–water partition coefficient (Wildman–Crippen LogP) is 6.12. The Morgan fingerprint density at radius 3 is 2.48 bits per heavy atom. The maximum Gasteiger partial charge on any atom is 0.264 e. The summed E-state index contributed by atoms with van der Waals surface area (Å²) >= 11 is 0. The number of nitrogens with zero attached hydrogens (tertiary/aromatic N) is 3. The fraction of sp³-hybridized carbons (Fsp3) is 0.469. The number of rotatable bonds is 7. The number of fused-ring (bicyclic) bond motifs is 4. The maximum atomic E-state index is 14.1. The van der Waals surface area contributed by atoms with Crippen molar-refractivity contribution in [2.24, 2.45) is 11.3 Å². The van der Waals surface area contributed by atoms with Crippen LogP contribution in [-0.2, 0) is 14.8 Å². The quantitative estimate of drug-likeness (QED) is 0.350. The summed E-state index contributed by atoms with van der Waals surface area (Å²) in [6.45, 7) is 13.7. The number of sulfonamides is 1. The van der Waals surface area contributed by atoms with Crippen LogP contribution in [0.15, 0.2) is 53.4 Å². The smallest absolute Gasteiger partial charge is 0.264 e. The Kier molecular flexibility index (Phi) is 9.57. The van der Waals surface area contributed by atoms with Crippen LogP contribution in [0.4, 0.5) is 5.95 Å². The van der Waals surface area contributed by atoms with Gasteiger partial charge in [-0.1, -0.05) is 52.0 Å². The van der Waals surface area contributed by atoms with E-state index in [-0.39, 0.29) is 48.0 Å². The minimum Gasteiger partial charge on any atom is -0.475 e. The van der Waals surface area contributed by atoms with Gasteiger partial charge in [-0.05, 0) is 67.3 Å². The Balaban J connectivity index is 0.00000506. The van der Waals surface area contributed by atoms with Crippen molar-refractivity contribution in [1.82, 2.24) is 14.9 Å². The normalized spacial score (nSPS) is 17.7. The molecule has 1 aliphatic rings. The summed E-state index contributed by atoms with van der Waals surface area (Å²) in [7, 11) is -2.45. The molecule has 4 bridgehead atoms. The van der Waals surface area contributed by atoms with E-state index in [0.717, 1.165) is 16.7 Å². The Hall–Kier alpha value is -3.50. The van der Waals surface area contributed by atoms with Crippen LogP contribution in [0.3, 0.4) is 0 Å². The highest BCUT2D eigenvalue weighted by Gasteiger charge is 2.31. The molecule has 0 saturated carbocycles. The van der Waals surface area contributed by atoms with Gasteiger partial charge in [0.2, 0.25) is 11.8 Å². The third kappa shape index (κ3) is 7.66. The van der Waals surface area contributed by atoms with Crippen LogP contribution in [0, 0.1) is 25.2 Å². The lowest BCUT2D eigenvalue weighted by Crippen LogP contribution is -2.46. The summed E-state index contributed by atoms with van der Waals surface area (Å²) in [6, 6.07) is 13.5. The number of methoxy groups -OCH3 is 1. The van der Waals surface area contributed by atoms with Crippen LogP contribution >= 0.6 is 0 Å². The van der Waals surface area contributed by atoms with Gasteiger partial charge in [0, 0.05) is 38.9 Å². The second-order valence-corrected chi connectivity index (χ2v) is 14.1. The van der Waals surface area contributed by atoms with E-state index in [0.29, 0.717) is 37.3 Å². The van der Waals surface area contributed by atoms with E-state index < -0.39 is 10.0 Å². The molecule has 2 aromatic carbocycles. The van der Waals surface area contributed by atoms with E-state index >= 15 is 0 Å². The third-order valence-electron chi connectivity index (χ3n) is 7.34. The second-order valence-electron chi connectivity index (χ2n) is 12.4. The molecule has 10 heteroatoms. The molecule has 1 N–H and O–H groups in total. The molecule has 1 aromatic heterocycles. The van der Waals surface area contributed by atoms with Gasteiger partial charge in [-0.3, -0.25) is 4.79 Å². The molecule has 0 radical (unpaired) electrons. The number of aryl methyl sites for hydroxylation is 2. The zero-order chi connectivity index (χ0) is 30.7. The Morgan fingerprint density at radius 2 is 1.81 bits per heavy atom. The molecular weight excluding hydrogens is 552 g/mol. The van der Waals surface area contributed by atoms with E-state index in [9.17, 15) is 13.2 Å². The molecule has 0 saturated heterocycles. The van der Waals surface area contributed by atoms with E-state index in [4.69, 9.17) is 9.47 Å². The number of hydrogen-bond acceptors (Lipinski definition) is 7. The highest BCUT2D eigenvalue weighted by Crippen LogP contribution is 2.31. The number of anilines is 1. The molecule has 0 fully saturated rings. The minimum absolute atomic E-state index is 0. The van der Waals surface area contributed by atoms with Gasteiger partial charge in [-0.2, -0.15) is 4.98 Å². The van der Waals surface area contributed by atoms with Crippen LogP contribution in [0.5, 0.6) is 5.88 Å². The van der Waals surface area contributed by atoms with E-state index in [1.54, 1.807) is 25.3 Å². The van der Waals surface area contributed by atoms with E-state index in [1.807, 2.05) is 36.9 Å². The molecule has 228 valence electrons. The summed E-state index contributed by atoms with van der Waals surface area (Å²) < 4.78 is 41.2. The van der Waals surface area contributed by atoms with Crippen molar-refractivity contribution in [2.75, 3.05) is 31.6 Å². The zero-order valence-electron chi connectivity index (χ0n) is 25.6. The van der Waals surface area contributed by atoms with Gasteiger partial charge in [0.25, 0.3) is 15.9 Å². The Bertz CT molecular complexity index is 1520. The van der Waals surface area contributed by atoms with Crippen molar-refractivity contribution in [3.63, 3.8) is 0 Å². The fourth-order valence-corrected chi connectivity index (χ4v) is 6.35. The van der Waals surface area contributed by atoms with Crippen LogP contribution in [0.1, 0.15) is 63.4 Å². The Labute approximate surface area is 251 Å². The van der Waals surface area contributed by atoms with Gasteiger partial charge in [0.15, 0.2) is 0 Å². The maximum absolute atomic E-state index is 14.1. The lowest BCUT2D eigenvalue weighted by molar-refractivity contribution is 0.0504. The first-order chi connectivity index (χ1) is 19.8. The number of amides is 1. The first kappa shape index (κ1) is 31.4. The second kappa shape index (κ2) is 12.8. The first-order valence-electron chi connectivity index (χ1n) is 14.3. The van der Waals surface area contributed by atoms with Crippen molar-refractivity contribution in [2.45, 2.75) is 65.3 Å². The number of ether oxygens (including phenoxy) is 2. The SMILES string of the molecule is COCC(C)CCN1C(=O)c2cccc(c2)S(=O)(=O)Nc2nc(cc(-c3c(C)cccc3C)n2)OC[C@H]1CC(C)(C)C.[HH]. The molecule has 2 heterocycles. The topological polar surface area (TPSA) is 111 Å². The van der Waals surface area contributed by atoms with Gasteiger partial charge in [-0.25, -0.2) is 18.1 Å². The number of carbonyl (C=O) groups is 1. The average molecular weight is 597 g/mol. The van der Waals surface area contributed by atoms with Gasteiger partial charge < -0.3 is 14.4 Å². The van der Waals surface area contributed by atoms with Crippen molar-refractivity contribution in [1.29, 1.82) is 0 Å². The van der Waals surface area contributed by atoms with Crippen molar-refractivity contribution in [3.05, 3.63) is 65.2 Å². The molecule has 0 aliphatic carbocycles. The first-order valence-corrected chi connectivity index (χ1v) is 15.8. The molecule has 4 rings (SSSR count). The molecule has 2 atom stereocenters. The predicted molar refractivity (Wildman–Crippen MR) is 166 cm³/mol. The molecule has 1 aliphatic heterocycles. The van der Waals surface area contributed by atoms with Crippen molar-refractivity contribution >= 4 is 21.9 Å². The van der Waals surface area contributed by atoms with Gasteiger partial charge in [0.1, 0.15) is 6.61 Å². The largest absolute Gasteiger partial charge is 0.475 e. The van der Waals surface area contributed by atoms with Gasteiger partial charge >= 0.3 is 0 Å². The highest BCUT2D eigenvalue weighted by atomic mass is 32.2. The molecule has 0 spiro atoms. The van der Waals surface area contributed by atoms with E-state index in [1.165, 1.54) is 12.1 Å². The zero-order valence-corrected chi connectivity index (χ0v) is 26.4. The summed E-state index contributed by atoms with van der Waals surface area (Å²) in [5.41, 5.74) is 3.58. The monoisotopic (exact) mass is 596 g/mol.